The van der Waals surface area contributed by atoms with Crippen LogP contribution in [0.25, 0.3) is 10.8 Å². The van der Waals surface area contributed by atoms with Gasteiger partial charge in [0.1, 0.15) is 5.75 Å². The van der Waals surface area contributed by atoms with E-state index in [1.54, 1.807) is 0 Å². The van der Waals surface area contributed by atoms with Gasteiger partial charge in [0, 0.05) is 12.1 Å². The summed E-state index contributed by atoms with van der Waals surface area (Å²) in [5, 5.41) is 19.2. The van der Waals surface area contributed by atoms with Gasteiger partial charge in [-0.3, -0.25) is 0 Å². The minimum absolute atomic E-state index is 0.473. The van der Waals surface area contributed by atoms with Crippen LogP contribution in [0.15, 0.2) is 36.4 Å². The Morgan fingerprint density at radius 1 is 1.20 bits per heavy atom. The fourth-order valence-electron chi connectivity index (χ4n) is 2.19. The van der Waals surface area contributed by atoms with Crippen molar-refractivity contribution in [3.05, 3.63) is 42.0 Å². The number of anilines is 1. The Morgan fingerprint density at radius 2 is 2.10 bits per heavy atom. The van der Waals surface area contributed by atoms with E-state index in [1.165, 1.54) is 5.39 Å². The molecule has 6 heteroatoms. The summed E-state index contributed by atoms with van der Waals surface area (Å²) >= 11 is 0. The number of tetrazole rings is 1. The highest BCUT2D eigenvalue weighted by Gasteiger charge is 2.09. The van der Waals surface area contributed by atoms with Gasteiger partial charge in [0.25, 0.3) is 5.95 Å². The Hall–Kier alpha value is -2.63. The Balaban J connectivity index is 1.98. The second-order valence-corrected chi connectivity index (χ2v) is 4.29. The normalized spacial score (nSPS) is 10.7. The number of rotatable bonds is 5. The number of fused-ring (bicyclic) bond motifs is 1. The van der Waals surface area contributed by atoms with Gasteiger partial charge in [0.15, 0.2) is 0 Å². The molecule has 1 heterocycles. The third kappa shape index (κ3) is 2.40. The van der Waals surface area contributed by atoms with Crippen LogP contribution in [0.2, 0.25) is 0 Å². The van der Waals surface area contributed by atoms with Crippen LogP contribution < -0.4 is 10.1 Å². The van der Waals surface area contributed by atoms with E-state index < -0.39 is 0 Å². The van der Waals surface area contributed by atoms with Crippen LogP contribution in [0.5, 0.6) is 5.75 Å². The van der Waals surface area contributed by atoms with Gasteiger partial charge in [-0.25, -0.2) is 0 Å². The molecule has 0 spiro atoms. The highest BCUT2D eigenvalue weighted by Crippen LogP contribution is 2.28. The summed E-state index contributed by atoms with van der Waals surface area (Å²) in [4.78, 5) is 0. The number of benzene rings is 2. The van der Waals surface area contributed by atoms with Crippen molar-refractivity contribution in [2.45, 2.75) is 13.5 Å². The molecule has 0 atom stereocenters. The molecule has 0 unspecified atom stereocenters. The second kappa shape index (κ2) is 5.56. The summed E-state index contributed by atoms with van der Waals surface area (Å²) in [5.41, 5.74) is 1.09. The molecule has 3 rings (SSSR count). The molecule has 0 radical (unpaired) electrons. The first kappa shape index (κ1) is 12.4. The van der Waals surface area contributed by atoms with Crippen LogP contribution in [-0.4, -0.2) is 27.2 Å². The van der Waals surface area contributed by atoms with Crippen LogP contribution in [0.3, 0.4) is 0 Å². The molecule has 0 saturated carbocycles. The molecule has 0 aliphatic heterocycles. The zero-order valence-corrected chi connectivity index (χ0v) is 11.1. The second-order valence-electron chi connectivity index (χ2n) is 4.29. The summed E-state index contributed by atoms with van der Waals surface area (Å²) in [6.45, 7) is 3.19. The molecule has 0 aliphatic carbocycles. The summed E-state index contributed by atoms with van der Waals surface area (Å²) < 4.78 is 5.71. The molecule has 0 saturated heterocycles. The Kier molecular flexibility index (Phi) is 3.45. The minimum atomic E-state index is 0.473. The van der Waals surface area contributed by atoms with E-state index >= 15 is 0 Å². The molecule has 102 valence electrons. The fraction of sp³-hybridized carbons (Fsp3) is 0.214. The maximum absolute atomic E-state index is 5.71. The third-order valence-electron chi connectivity index (χ3n) is 3.07. The van der Waals surface area contributed by atoms with Crippen molar-refractivity contribution in [2.75, 3.05) is 11.9 Å². The molecule has 1 aromatic heterocycles. The first-order chi connectivity index (χ1) is 9.88. The van der Waals surface area contributed by atoms with Gasteiger partial charge in [0.2, 0.25) is 0 Å². The molecule has 0 bridgehead atoms. The van der Waals surface area contributed by atoms with Crippen molar-refractivity contribution >= 4 is 16.7 Å². The van der Waals surface area contributed by atoms with Crippen molar-refractivity contribution in [1.82, 2.24) is 20.6 Å². The van der Waals surface area contributed by atoms with Crippen molar-refractivity contribution in [1.29, 1.82) is 0 Å². The first-order valence-corrected chi connectivity index (χ1v) is 6.49. The minimum Gasteiger partial charge on any atom is -0.494 e. The van der Waals surface area contributed by atoms with E-state index in [-0.39, 0.29) is 0 Å². The van der Waals surface area contributed by atoms with E-state index in [2.05, 4.69) is 44.1 Å². The highest BCUT2D eigenvalue weighted by atomic mass is 16.5. The standard InChI is InChI=1S/C14H15N5O/c1-2-20-13-8-7-10-5-3-4-6-11(10)12(13)9-15-14-16-18-19-17-14/h3-8H,2,9H2,1H3,(H2,15,16,17,18,19). The zero-order chi connectivity index (χ0) is 13.8. The lowest BCUT2D eigenvalue weighted by molar-refractivity contribution is 0.337. The number of nitrogens with one attached hydrogen (secondary N) is 2. The van der Waals surface area contributed by atoms with Crippen molar-refractivity contribution in [2.24, 2.45) is 0 Å². The summed E-state index contributed by atoms with van der Waals surface area (Å²) in [5.74, 6) is 1.35. The molecule has 20 heavy (non-hydrogen) atoms. The molecule has 0 fully saturated rings. The molecular weight excluding hydrogens is 254 g/mol. The van der Waals surface area contributed by atoms with E-state index in [0.717, 1.165) is 16.7 Å². The monoisotopic (exact) mass is 269 g/mol. The molecule has 6 nitrogen and oxygen atoms in total. The van der Waals surface area contributed by atoms with Crippen LogP contribution >= 0.6 is 0 Å². The Morgan fingerprint density at radius 3 is 2.90 bits per heavy atom. The van der Waals surface area contributed by atoms with Crippen LogP contribution in [0, 0.1) is 0 Å². The van der Waals surface area contributed by atoms with E-state index in [4.69, 9.17) is 4.74 Å². The number of aromatic amines is 1. The van der Waals surface area contributed by atoms with Gasteiger partial charge in [-0.2, -0.15) is 5.21 Å². The van der Waals surface area contributed by atoms with Crippen LogP contribution in [-0.2, 0) is 6.54 Å². The van der Waals surface area contributed by atoms with Gasteiger partial charge in [-0.05, 0) is 29.0 Å². The van der Waals surface area contributed by atoms with E-state index in [1.807, 2.05) is 25.1 Å². The van der Waals surface area contributed by atoms with Crippen molar-refractivity contribution in [3.8, 4) is 5.75 Å². The van der Waals surface area contributed by atoms with Gasteiger partial charge in [-0.1, -0.05) is 35.4 Å². The summed E-state index contributed by atoms with van der Waals surface area (Å²) in [6, 6.07) is 12.3. The maximum atomic E-state index is 5.71. The highest BCUT2D eigenvalue weighted by molar-refractivity contribution is 5.87. The Bertz CT molecular complexity index is 696. The lowest BCUT2D eigenvalue weighted by atomic mass is 10.0. The number of hydrogen-bond acceptors (Lipinski definition) is 5. The van der Waals surface area contributed by atoms with Gasteiger partial charge in [-0.15, -0.1) is 5.10 Å². The summed E-state index contributed by atoms with van der Waals surface area (Å²) in [6.07, 6.45) is 0. The number of aromatic nitrogens is 4. The number of hydrogen-bond donors (Lipinski definition) is 2. The SMILES string of the molecule is CCOc1ccc2ccccc2c1CNc1nn[nH]n1. The molecule has 2 aromatic carbocycles. The average molecular weight is 269 g/mol. The number of nitrogens with zero attached hydrogens (tertiary/aromatic N) is 3. The molecule has 3 aromatic rings. The summed E-state index contributed by atoms with van der Waals surface area (Å²) in [7, 11) is 0. The number of ether oxygens (including phenoxy) is 1. The molecular formula is C14H15N5O. The molecule has 0 aliphatic rings. The Labute approximate surface area is 116 Å². The lowest BCUT2D eigenvalue weighted by Gasteiger charge is -2.13. The predicted molar refractivity (Wildman–Crippen MR) is 76.6 cm³/mol. The predicted octanol–water partition coefficient (Wildman–Crippen LogP) is 2.36. The first-order valence-electron chi connectivity index (χ1n) is 6.49. The largest absolute Gasteiger partial charge is 0.494 e. The topological polar surface area (TPSA) is 75.7 Å². The smallest absolute Gasteiger partial charge is 0.263 e. The molecule has 0 amide bonds. The van der Waals surface area contributed by atoms with Gasteiger partial charge in [0.05, 0.1) is 6.61 Å². The third-order valence-corrected chi connectivity index (χ3v) is 3.07. The van der Waals surface area contributed by atoms with Crippen LogP contribution in [0.1, 0.15) is 12.5 Å². The molecule has 2 N–H and O–H groups in total. The maximum Gasteiger partial charge on any atom is 0.263 e. The van der Waals surface area contributed by atoms with Gasteiger partial charge < -0.3 is 10.1 Å². The van der Waals surface area contributed by atoms with Gasteiger partial charge >= 0.3 is 0 Å². The van der Waals surface area contributed by atoms with E-state index in [0.29, 0.717) is 19.1 Å². The number of H-pyrrole nitrogens is 1. The van der Waals surface area contributed by atoms with Crippen LogP contribution in [0.4, 0.5) is 5.95 Å². The fourth-order valence-corrected chi connectivity index (χ4v) is 2.19. The zero-order valence-electron chi connectivity index (χ0n) is 11.1. The lowest BCUT2D eigenvalue weighted by Crippen LogP contribution is -2.05. The average Bonchev–Trinajstić information content (AvgIpc) is 2.99. The van der Waals surface area contributed by atoms with Crippen molar-refractivity contribution < 1.29 is 4.74 Å². The van der Waals surface area contributed by atoms with E-state index in [9.17, 15) is 0 Å². The quantitative estimate of drug-likeness (QED) is 0.743. The van der Waals surface area contributed by atoms with Crippen molar-refractivity contribution in [3.63, 3.8) is 0 Å².